The van der Waals surface area contributed by atoms with Crippen LogP contribution in [0, 0.1) is 5.82 Å². The molecule has 0 aliphatic carbocycles. The third-order valence-corrected chi connectivity index (χ3v) is 3.57. The number of nitrogens with one attached hydrogen (secondary N) is 2. The lowest BCUT2D eigenvalue weighted by Crippen LogP contribution is -2.45. The predicted octanol–water partition coefficient (Wildman–Crippen LogP) is 3.31. The Balaban J connectivity index is 0.00000200. The van der Waals surface area contributed by atoms with E-state index in [1.807, 2.05) is 13.8 Å². The predicted molar refractivity (Wildman–Crippen MR) is 92.8 cm³/mol. The zero-order valence-electron chi connectivity index (χ0n) is 11.7. The summed E-state index contributed by atoms with van der Waals surface area (Å²) >= 11 is 5.84. The van der Waals surface area contributed by atoms with E-state index in [2.05, 4.69) is 15.6 Å². The smallest absolute Gasteiger partial charge is 0.191 e. The van der Waals surface area contributed by atoms with Crippen molar-refractivity contribution in [3.63, 3.8) is 0 Å². The van der Waals surface area contributed by atoms with Crippen LogP contribution in [-0.2, 0) is 5.41 Å². The zero-order valence-corrected chi connectivity index (χ0v) is 14.8. The molecule has 0 radical (unpaired) electrons. The van der Waals surface area contributed by atoms with Crippen LogP contribution in [0.2, 0.25) is 5.02 Å². The summed E-state index contributed by atoms with van der Waals surface area (Å²) in [6.45, 7) is 6.32. The molecule has 112 valence electrons. The highest BCUT2D eigenvalue weighted by molar-refractivity contribution is 14.0. The van der Waals surface area contributed by atoms with Crippen LogP contribution in [0.25, 0.3) is 0 Å². The van der Waals surface area contributed by atoms with E-state index < -0.39 is 0 Å². The molecule has 0 amide bonds. The maximum atomic E-state index is 14.1. The molecule has 0 saturated heterocycles. The van der Waals surface area contributed by atoms with E-state index in [0.29, 0.717) is 12.1 Å². The van der Waals surface area contributed by atoms with Gasteiger partial charge >= 0.3 is 0 Å². The van der Waals surface area contributed by atoms with Gasteiger partial charge in [-0.05, 0) is 18.1 Å². The highest BCUT2D eigenvalue weighted by Crippen LogP contribution is 2.28. The minimum atomic E-state index is -0.364. The molecule has 1 aliphatic rings. The molecular formula is C14H20ClFIN3. The topological polar surface area (TPSA) is 36.4 Å². The minimum Gasteiger partial charge on any atom is -0.356 e. The molecule has 2 rings (SSSR count). The fraction of sp³-hybridized carbons (Fsp3) is 0.500. The van der Waals surface area contributed by atoms with Crippen molar-refractivity contribution in [1.82, 2.24) is 10.6 Å². The van der Waals surface area contributed by atoms with E-state index in [1.54, 1.807) is 18.2 Å². The first-order chi connectivity index (χ1) is 9.00. The molecule has 0 saturated carbocycles. The lowest BCUT2D eigenvalue weighted by molar-refractivity contribution is 0.471. The van der Waals surface area contributed by atoms with Gasteiger partial charge in [0.2, 0.25) is 0 Å². The van der Waals surface area contributed by atoms with Gasteiger partial charge < -0.3 is 10.6 Å². The Hall–Kier alpha value is -0.560. The molecule has 0 bridgehead atoms. The molecule has 0 aromatic heterocycles. The average molecular weight is 412 g/mol. The van der Waals surface area contributed by atoms with Gasteiger partial charge in [-0.2, -0.15) is 0 Å². The summed E-state index contributed by atoms with van der Waals surface area (Å²) in [4.78, 5) is 4.34. The number of halogens is 3. The van der Waals surface area contributed by atoms with E-state index in [0.717, 1.165) is 25.5 Å². The second-order valence-electron chi connectivity index (χ2n) is 5.35. The molecule has 20 heavy (non-hydrogen) atoms. The highest BCUT2D eigenvalue weighted by Gasteiger charge is 2.25. The second kappa shape index (κ2) is 7.45. The molecule has 0 fully saturated rings. The third kappa shape index (κ3) is 4.22. The van der Waals surface area contributed by atoms with E-state index in [-0.39, 0.29) is 40.2 Å². The van der Waals surface area contributed by atoms with Crippen molar-refractivity contribution in [2.24, 2.45) is 4.99 Å². The molecule has 6 heteroatoms. The van der Waals surface area contributed by atoms with Crippen LogP contribution in [0.1, 0.15) is 25.8 Å². The highest BCUT2D eigenvalue weighted by atomic mass is 127. The number of nitrogens with zero attached hydrogens (tertiary/aromatic N) is 1. The minimum absolute atomic E-state index is 0. The SMILES string of the molecule is CC(C)(CNC1=NCCCN1)c1cccc(Cl)c1F.I. The van der Waals surface area contributed by atoms with E-state index >= 15 is 0 Å². The second-order valence-corrected chi connectivity index (χ2v) is 5.76. The number of guanidine groups is 1. The van der Waals surface area contributed by atoms with Crippen molar-refractivity contribution < 1.29 is 4.39 Å². The van der Waals surface area contributed by atoms with Crippen molar-refractivity contribution in [3.05, 3.63) is 34.6 Å². The van der Waals surface area contributed by atoms with Crippen LogP contribution < -0.4 is 10.6 Å². The summed E-state index contributed by atoms with van der Waals surface area (Å²) in [6, 6.07) is 5.12. The summed E-state index contributed by atoms with van der Waals surface area (Å²) in [7, 11) is 0. The molecule has 1 aromatic carbocycles. The molecule has 2 N–H and O–H groups in total. The van der Waals surface area contributed by atoms with Crippen LogP contribution in [0.5, 0.6) is 0 Å². The van der Waals surface area contributed by atoms with Crippen molar-refractivity contribution in [2.45, 2.75) is 25.7 Å². The summed E-state index contributed by atoms with van der Waals surface area (Å²) in [5.74, 6) is 0.455. The van der Waals surface area contributed by atoms with Crippen molar-refractivity contribution in [3.8, 4) is 0 Å². The van der Waals surface area contributed by atoms with Crippen molar-refractivity contribution in [2.75, 3.05) is 19.6 Å². The van der Waals surface area contributed by atoms with Gasteiger partial charge in [-0.1, -0.05) is 37.6 Å². The lowest BCUT2D eigenvalue weighted by atomic mass is 9.84. The Morgan fingerprint density at radius 2 is 2.20 bits per heavy atom. The van der Waals surface area contributed by atoms with Gasteiger partial charge in [0.05, 0.1) is 5.02 Å². The molecule has 0 spiro atoms. The van der Waals surface area contributed by atoms with Crippen LogP contribution in [0.4, 0.5) is 4.39 Å². The fourth-order valence-electron chi connectivity index (χ4n) is 2.08. The van der Waals surface area contributed by atoms with E-state index in [1.165, 1.54) is 0 Å². The molecule has 1 aromatic rings. The van der Waals surface area contributed by atoms with E-state index in [4.69, 9.17) is 11.6 Å². The molecular weight excluding hydrogens is 392 g/mol. The molecule has 3 nitrogen and oxygen atoms in total. The van der Waals surface area contributed by atoms with Gasteiger partial charge in [-0.15, -0.1) is 24.0 Å². The maximum absolute atomic E-state index is 14.1. The summed E-state index contributed by atoms with van der Waals surface area (Å²) in [6.07, 6.45) is 1.05. The summed E-state index contributed by atoms with van der Waals surface area (Å²) in [5.41, 5.74) is 0.250. The van der Waals surface area contributed by atoms with Crippen LogP contribution in [0.3, 0.4) is 0 Å². The number of hydrogen-bond acceptors (Lipinski definition) is 3. The molecule has 0 atom stereocenters. The Kier molecular flexibility index (Phi) is 6.51. The Morgan fingerprint density at radius 1 is 1.45 bits per heavy atom. The zero-order chi connectivity index (χ0) is 13.9. The Labute approximate surface area is 141 Å². The number of hydrogen-bond donors (Lipinski definition) is 2. The molecule has 1 aliphatic heterocycles. The maximum Gasteiger partial charge on any atom is 0.191 e. The van der Waals surface area contributed by atoms with Crippen LogP contribution in [0.15, 0.2) is 23.2 Å². The van der Waals surface area contributed by atoms with E-state index in [9.17, 15) is 4.39 Å². The average Bonchev–Trinajstić information content (AvgIpc) is 2.41. The first-order valence-corrected chi connectivity index (χ1v) is 6.85. The standard InChI is InChI=1S/C14H19ClFN3.HI/c1-14(2,9-19-13-17-7-4-8-18-13)10-5-3-6-11(15)12(10)16;/h3,5-6H,4,7-9H2,1-2H3,(H2,17,18,19);1H. The first-order valence-electron chi connectivity index (χ1n) is 6.47. The largest absolute Gasteiger partial charge is 0.356 e. The monoisotopic (exact) mass is 411 g/mol. The number of rotatable bonds is 3. The quantitative estimate of drug-likeness (QED) is 0.749. The Bertz CT molecular complexity index is 491. The van der Waals surface area contributed by atoms with Gasteiger partial charge in [0.25, 0.3) is 0 Å². The van der Waals surface area contributed by atoms with Gasteiger partial charge in [-0.3, -0.25) is 4.99 Å². The summed E-state index contributed by atoms with van der Waals surface area (Å²) in [5, 5.41) is 6.59. The number of benzene rings is 1. The van der Waals surface area contributed by atoms with Gasteiger partial charge in [-0.25, -0.2) is 4.39 Å². The van der Waals surface area contributed by atoms with Gasteiger partial charge in [0, 0.05) is 25.0 Å². The fourth-order valence-corrected chi connectivity index (χ4v) is 2.25. The lowest BCUT2D eigenvalue weighted by Gasteiger charge is -2.28. The summed E-state index contributed by atoms with van der Waals surface area (Å²) < 4.78 is 14.1. The molecule has 1 heterocycles. The van der Waals surface area contributed by atoms with Crippen LogP contribution >= 0.6 is 35.6 Å². The third-order valence-electron chi connectivity index (χ3n) is 3.28. The van der Waals surface area contributed by atoms with Crippen molar-refractivity contribution >= 4 is 41.5 Å². The van der Waals surface area contributed by atoms with Gasteiger partial charge in [0.15, 0.2) is 5.96 Å². The van der Waals surface area contributed by atoms with Gasteiger partial charge in [0.1, 0.15) is 5.82 Å². The normalized spacial score (nSPS) is 14.9. The van der Waals surface area contributed by atoms with Crippen LogP contribution in [-0.4, -0.2) is 25.6 Å². The van der Waals surface area contributed by atoms with Crippen molar-refractivity contribution in [1.29, 1.82) is 0 Å². The number of aliphatic imine (C=N–C) groups is 1. The molecule has 0 unspecified atom stereocenters. The Morgan fingerprint density at radius 3 is 2.85 bits per heavy atom. The first kappa shape index (κ1) is 17.5.